The summed E-state index contributed by atoms with van der Waals surface area (Å²) in [4.78, 5) is 38.0. The predicted octanol–water partition coefficient (Wildman–Crippen LogP) is 0.761. The van der Waals surface area contributed by atoms with Crippen molar-refractivity contribution in [2.75, 3.05) is 0 Å². The molecule has 0 aliphatic carbocycles. The first kappa shape index (κ1) is 15.1. The van der Waals surface area contributed by atoms with Gasteiger partial charge >= 0.3 is 6.03 Å². The second kappa shape index (κ2) is 5.27. The Kier molecular flexibility index (Phi) is 3.80. The van der Waals surface area contributed by atoms with Crippen molar-refractivity contribution in [2.45, 2.75) is 39.7 Å². The predicted molar refractivity (Wildman–Crippen MR) is 72.8 cm³/mol. The molecular formula is C13H19N5O3. The first-order valence-corrected chi connectivity index (χ1v) is 6.92. The second-order valence-electron chi connectivity index (χ2n) is 5.20. The summed E-state index contributed by atoms with van der Waals surface area (Å²) in [5.41, 5.74) is -1.19. The van der Waals surface area contributed by atoms with Crippen LogP contribution in [0.15, 0.2) is 6.33 Å². The summed E-state index contributed by atoms with van der Waals surface area (Å²) in [6.45, 7) is 5.22. The Bertz CT molecular complexity index is 590. The number of imide groups is 2. The van der Waals surface area contributed by atoms with Gasteiger partial charge in [-0.25, -0.2) is 4.79 Å². The molecule has 21 heavy (non-hydrogen) atoms. The SMILES string of the molecule is CCC1(CC)C(=O)NC(=O)N(C(C)c2nncn2C)C1=O. The van der Waals surface area contributed by atoms with E-state index in [2.05, 4.69) is 15.5 Å². The van der Waals surface area contributed by atoms with Crippen LogP contribution in [0.25, 0.3) is 0 Å². The van der Waals surface area contributed by atoms with Crippen molar-refractivity contribution in [3.05, 3.63) is 12.2 Å². The molecule has 0 bridgehead atoms. The monoisotopic (exact) mass is 293 g/mol. The van der Waals surface area contributed by atoms with Crippen LogP contribution in [-0.4, -0.2) is 37.5 Å². The summed E-state index contributed by atoms with van der Waals surface area (Å²) < 4.78 is 1.64. The van der Waals surface area contributed by atoms with Crippen LogP contribution in [0.2, 0.25) is 0 Å². The highest BCUT2D eigenvalue weighted by Gasteiger charge is 2.53. The molecule has 1 aliphatic rings. The number of hydrogen-bond acceptors (Lipinski definition) is 5. The molecule has 1 unspecified atom stereocenters. The Labute approximate surface area is 122 Å². The van der Waals surface area contributed by atoms with Gasteiger partial charge in [0.2, 0.25) is 11.8 Å². The van der Waals surface area contributed by atoms with E-state index in [1.54, 1.807) is 32.4 Å². The molecule has 1 aromatic rings. The minimum absolute atomic E-state index is 0.337. The maximum absolute atomic E-state index is 12.8. The van der Waals surface area contributed by atoms with E-state index in [0.717, 1.165) is 4.90 Å². The lowest BCUT2D eigenvalue weighted by Crippen LogP contribution is -2.64. The molecule has 1 saturated heterocycles. The zero-order valence-corrected chi connectivity index (χ0v) is 12.6. The van der Waals surface area contributed by atoms with Crippen molar-refractivity contribution in [1.82, 2.24) is 25.0 Å². The van der Waals surface area contributed by atoms with Gasteiger partial charge in [-0.05, 0) is 19.8 Å². The highest BCUT2D eigenvalue weighted by molar-refractivity contribution is 6.19. The van der Waals surface area contributed by atoms with Gasteiger partial charge in [-0.3, -0.25) is 19.8 Å². The zero-order chi connectivity index (χ0) is 15.8. The van der Waals surface area contributed by atoms with Crippen molar-refractivity contribution < 1.29 is 14.4 Å². The maximum atomic E-state index is 12.8. The van der Waals surface area contributed by atoms with E-state index in [1.165, 1.54) is 6.33 Å². The fraction of sp³-hybridized carbons (Fsp3) is 0.615. The van der Waals surface area contributed by atoms with Crippen LogP contribution in [0, 0.1) is 5.41 Å². The number of barbiturate groups is 1. The van der Waals surface area contributed by atoms with E-state index in [9.17, 15) is 14.4 Å². The third-order valence-corrected chi connectivity index (χ3v) is 4.22. The van der Waals surface area contributed by atoms with Gasteiger partial charge in [0, 0.05) is 7.05 Å². The maximum Gasteiger partial charge on any atom is 0.331 e. The van der Waals surface area contributed by atoms with Gasteiger partial charge in [0.05, 0.1) is 6.04 Å². The van der Waals surface area contributed by atoms with Gasteiger partial charge < -0.3 is 4.57 Å². The van der Waals surface area contributed by atoms with Crippen molar-refractivity contribution in [2.24, 2.45) is 12.5 Å². The number of amides is 4. The highest BCUT2D eigenvalue weighted by atomic mass is 16.2. The van der Waals surface area contributed by atoms with Crippen LogP contribution in [0.1, 0.15) is 45.5 Å². The van der Waals surface area contributed by atoms with Crippen molar-refractivity contribution in [3.63, 3.8) is 0 Å². The first-order chi connectivity index (χ1) is 9.89. The number of nitrogens with one attached hydrogen (secondary N) is 1. The molecule has 0 aromatic carbocycles. The van der Waals surface area contributed by atoms with Gasteiger partial charge in [0.15, 0.2) is 5.82 Å². The minimum Gasteiger partial charge on any atom is -0.319 e. The lowest BCUT2D eigenvalue weighted by molar-refractivity contribution is -0.153. The largest absolute Gasteiger partial charge is 0.331 e. The Morgan fingerprint density at radius 1 is 1.29 bits per heavy atom. The topological polar surface area (TPSA) is 97.2 Å². The summed E-state index contributed by atoms with van der Waals surface area (Å²) in [6, 6.07) is -1.31. The molecule has 1 atom stereocenters. The van der Waals surface area contributed by atoms with Crippen molar-refractivity contribution in [3.8, 4) is 0 Å². The molecule has 114 valence electrons. The third kappa shape index (κ3) is 2.10. The molecule has 4 amide bonds. The van der Waals surface area contributed by atoms with Crippen LogP contribution in [-0.2, 0) is 16.6 Å². The first-order valence-electron chi connectivity index (χ1n) is 6.92. The van der Waals surface area contributed by atoms with Gasteiger partial charge in [-0.1, -0.05) is 13.8 Å². The van der Waals surface area contributed by atoms with E-state index in [0.29, 0.717) is 18.7 Å². The molecule has 2 rings (SSSR count). The molecule has 8 nitrogen and oxygen atoms in total. The quantitative estimate of drug-likeness (QED) is 0.827. The van der Waals surface area contributed by atoms with E-state index < -0.39 is 29.3 Å². The van der Waals surface area contributed by atoms with Crippen molar-refractivity contribution in [1.29, 1.82) is 0 Å². The van der Waals surface area contributed by atoms with Gasteiger partial charge in [0.1, 0.15) is 11.7 Å². The van der Waals surface area contributed by atoms with E-state index in [1.807, 2.05) is 0 Å². The second-order valence-corrected chi connectivity index (χ2v) is 5.20. The van der Waals surface area contributed by atoms with Crippen LogP contribution < -0.4 is 5.32 Å². The van der Waals surface area contributed by atoms with E-state index >= 15 is 0 Å². The molecular weight excluding hydrogens is 274 g/mol. The Balaban J connectivity index is 2.43. The smallest absolute Gasteiger partial charge is 0.319 e. The summed E-state index contributed by atoms with van der Waals surface area (Å²) in [7, 11) is 1.73. The van der Waals surface area contributed by atoms with E-state index in [-0.39, 0.29) is 0 Å². The van der Waals surface area contributed by atoms with Gasteiger partial charge in [-0.2, -0.15) is 0 Å². The lowest BCUT2D eigenvalue weighted by Gasteiger charge is -2.40. The molecule has 8 heteroatoms. The molecule has 1 aromatic heterocycles. The number of nitrogens with zero attached hydrogens (tertiary/aromatic N) is 4. The van der Waals surface area contributed by atoms with Crippen LogP contribution in [0.4, 0.5) is 4.79 Å². The van der Waals surface area contributed by atoms with Gasteiger partial charge in [0.25, 0.3) is 0 Å². The van der Waals surface area contributed by atoms with E-state index in [4.69, 9.17) is 0 Å². The zero-order valence-electron chi connectivity index (χ0n) is 12.6. The third-order valence-electron chi connectivity index (χ3n) is 4.22. The molecule has 1 N–H and O–H groups in total. The number of urea groups is 1. The van der Waals surface area contributed by atoms with Crippen LogP contribution >= 0.6 is 0 Å². The fourth-order valence-electron chi connectivity index (χ4n) is 2.71. The number of rotatable bonds is 4. The fourth-order valence-corrected chi connectivity index (χ4v) is 2.71. The molecule has 1 aliphatic heterocycles. The number of aryl methyl sites for hydroxylation is 1. The Morgan fingerprint density at radius 3 is 2.38 bits per heavy atom. The molecule has 0 saturated carbocycles. The number of aromatic nitrogens is 3. The summed E-state index contributed by atoms with van der Waals surface area (Å²) >= 11 is 0. The van der Waals surface area contributed by atoms with Crippen LogP contribution in [0.5, 0.6) is 0 Å². The number of carbonyl (C=O) groups is 3. The normalized spacial score (nSPS) is 19.6. The molecule has 1 fully saturated rings. The standard InChI is InChI=1S/C13H19N5O3/c1-5-13(6-2)10(19)15-12(21)18(11(13)20)8(3)9-16-14-7-17(9)4/h7-8H,5-6H2,1-4H3,(H,15,19,21). The average molecular weight is 293 g/mol. The molecule has 0 radical (unpaired) electrons. The highest BCUT2D eigenvalue weighted by Crippen LogP contribution is 2.35. The number of carbonyl (C=O) groups excluding carboxylic acids is 3. The molecule has 0 spiro atoms. The average Bonchev–Trinajstić information content (AvgIpc) is 2.86. The lowest BCUT2D eigenvalue weighted by atomic mass is 9.78. The van der Waals surface area contributed by atoms with Crippen LogP contribution in [0.3, 0.4) is 0 Å². The minimum atomic E-state index is -1.19. The van der Waals surface area contributed by atoms with Crippen molar-refractivity contribution >= 4 is 17.8 Å². The summed E-state index contributed by atoms with van der Waals surface area (Å²) in [5.74, 6) is -0.519. The van der Waals surface area contributed by atoms with Gasteiger partial charge in [-0.15, -0.1) is 10.2 Å². The number of hydrogen-bond donors (Lipinski definition) is 1. The Morgan fingerprint density at radius 2 is 1.90 bits per heavy atom. The summed E-state index contributed by atoms with van der Waals surface area (Å²) in [6.07, 6.45) is 2.17. The molecule has 2 heterocycles. The summed E-state index contributed by atoms with van der Waals surface area (Å²) in [5, 5.41) is 9.97. The Hall–Kier alpha value is -2.25.